The number of hydrogen-bond donors (Lipinski definition) is 1. The molecule has 1 aromatic rings. The fourth-order valence-electron chi connectivity index (χ4n) is 2.71. The summed E-state index contributed by atoms with van der Waals surface area (Å²) in [5, 5.41) is 4.31. The summed E-state index contributed by atoms with van der Waals surface area (Å²) >= 11 is 5.92. The molecule has 7 nitrogen and oxygen atoms in total. The zero-order valence-corrected chi connectivity index (χ0v) is 13.1. The smallest absolute Gasteiger partial charge is 0.354 e. The topological polar surface area (TPSA) is 88.1 Å². The highest BCUT2D eigenvalue weighted by atomic mass is 35.5. The summed E-state index contributed by atoms with van der Waals surface area (Å²) in [7, 11) is 0. The molecule has 8 heteroatoms. The highest BCUT2D eigenvalue weighted by Crippen LogP contribution is 2.35. The Morgan fingerprint density at radius 3 is 2.91 bits per heavy atom. The van der Waals surface area contributed by atoms with E-state index in [1.165, 1.54) is 0 Å². The molecule has 1 N–H and O–H groups in total. The van der Waals surface area contributed by atoms with Crippen LogP contribution in [0.2, 0.25) is 5.02 Å². The largest absolute Gasteiger partial charge is 0.461 e. The molecule has 0 radical (unpaired) electrons. The van der Waals surface area contributed by atoms with Crippen LogP contribution >= 0.6 is 11.6 Å². The van der Waals surface area contributed by atoms with Crippen LogP contribution in [0, 0.1) is 0 Å². The van der Waals surface area contributed by atoms with Gasteiger partial charge in [0.25, 0.3) is 5.91 Å². The number of halogens is 1. The van der Waals surface area contributed by atoms with Gasteiger partial charge in [0.05, 0.1) is 18.7 Å². The lowest BCUT2D eigenvalue weighted by Gasteiger charge is -2.21. The number of amides is 2. The van der Waals surface area contributed by atoms with Crippen LogP contribution in [0.5, 0.6) is 0 Å². The number of nitrogens with one attached hydrogen (secondary N) is 1. The van der Waals surface area contributed by atoms with Gasteiger partial charge >= 0.3 is 5.97 Å². The van der Waals surface area contributed by atoms with Crippen molar-refractivity contribution in [2.75, 3.05) is 11.5 Å². The van der Waals surface area contributed by atoms with Crippen molar-refractivity contribution in [3.8, 4) is 0 Å². The molecule has 1 aromatic carbocycles. The van der Waals surface area contributed by atoms with Crippen molar-refractivity contribution < 1.29 is 19.1 Å². The van der Waals surface area contributed by atoms with Crippen molar-refractivity contribution in [1.29, 1.82) is 0 Å². The van der Waals surface area contributed by atoms with Gasteiger partial charge in [-0.1, -0.05) is 17.7 Å². The second-order valence-corrected chi connectivity index (χ2v) is 5.78. The predicted octanol–water partition coefficient (Wildman–Crippen LogP) is 1.25. The number of hydrogen-bond acceptors (Lipinski definition) is 6. The molecular weight excluding hydrogens is 322 g/mol. The quantitative estimate of drug-likeness (QED) is 0.663. The van der Waals surface area contributed by atoms with E-state index in [4.69, 9.17) is 16.3 Å². The summed E-state index contributed by atoms with van der Waals surface area (Å²) in [6.45, 7) is 1.90. The van der Waals surface area contributed by atoms with Gasteiger partial charge in [0.15, 0.2) is 0 Å². The minimum atomic E-state index is -1.22. The molecule has 23 heavy (non-hydrogen) atoms. The van der Waals surface area contributed by atoms with E-state index in [-0.39, 0.29) is 31.1 Å². The summed E-state index contributed by atoms with van der Waals surface area (Å²) in [6.07, 6.45) is -0.0573. The van der Waals surface area contributed by atoms with Crippen LogP contribution in [0.3, 0.4) is 0 Å². The summed E-state index contributed by atoms with van der Waals surface area (Å²) in [4.78, 5) is 37.9. The standard InChI is InChI=1S/C15H14ClN3O4/c1-2-23-13(21)11-7-15(18-17-11)8-12(20)19(14(15)22)10-5-3-4-9(16)6-10/h3-6,18H,2,7-8H2,1H3/t15-/m1/s1. The first kappa shape index (κ1) is 15.5. The molecule has 1 spiro atoms. The molecule has 3 rings (SSSR count). The number of ether oxygens (including phenoxy) is 1. The third kappa shape index (κ3) is 2.57. The number of anilines is 1. The van der Waals surface area contributed by atoms with E-state index in [9.17, 15) is 14.4 Å². The Morgan fingerprint density at radius 1 is 1.43 bits per heavy atom. The van der Waals surface area contributed by atoms with E-state index in [2.05, 4.69) is 10.5 Å². The average Bonchev–Trinajstić information content (AvgIpc) is 3.02. The van der Waals surface area contributed by atoms with Crippen molar-refractivity contribution in [2.45, 2.75) is 25.3 Å². The van der Waals surface area contributed by atoms with E-state index in [0.29, 0.717) is 10.7 Å². The number of imide groups is 1. The zero-order valence-electron chi connectivity index (χ0n) is 12.3. The molecule has 0 unspecified atom stereocenters. The predicted molar refractivity (Wildman–Crippen MR) is 83.1 cm³/mol. The molecule has 1 fully saturated rings. The van der Waals surface area contributed by atoms with E-state index in [0.717, 1.165) is 4.90 Å². The molecule has 0 aromatic heterocycles. The van der Waals surface area contributed by atoms with Crippen LogP contribution in [0.1, 0.15) is 19.8 Å². The van der Waals surface area contributed by atoms with Crippen molar-refractivity contribution in [3.05, 3.63) is 29.3 Å². The van der Waals surface area contributed by atoms with Crippen LogP contribution in [0.25, 0.3) is 0 Å². The summed E-state index contributed by atoms with van der Waals surface area (Å²) < 4.78 is 4.88. The maximum absolute atomic E-state index is 12.8. The number of nitrogens with zero attached hydrogens (tertiary/aromatic N) is 2. The summed E-state index contributed by atoms with van der Waals surface area (Å²) in [6, 6.07) is 6.48. The maximum Gasteiger partial charge on any atom is 0.354 e. The Balaban J connectivity index is 1.84. The number of hydrazone groups is 1. The van der Waals surface area contributed by atoms with Crippen molar-refractivity contribution in [3.63, 3.8) is 0 Å². The minimum Gasteiger partial charge on any atom is -0.461 e. The normalized spacial score (nSPS) is 23.2. The van der Waals surface area contributed by atoms with Crippen LogP contribution in [0.15, 0.2) is 29.4 Å². The number of esters is 1. The second-order valence-electron chi connectivity index (χ2n) is 5.34. The number of carbonyl (C=O) groups is 3. The average molecular weight is 336 g/mol. The third-order valence-electron chi connectivity index (χ3n) is 3.77. The molecule has 1 atom stereocenters. The maximum atomic E-state index is 12.8. The summed E-state index contributed by atoms with van der Waals surface area (Å²) in [5.74, 6) is -1.41. The molecule has 0 aliphatic carbocycles. The fraction of sp³-hybridized carbons (Fsp3) is 0.333. The van der Waals surface area contributed by atoms with Gasteiger partial charge in [-0.2, -0.15) is 5.10 Å². The fourth-order valence-corrected chi connectivity index (χ4v) is 2.90. The van der Waals surface area contributed by atoms with Crippen LogP contribution in [-0.2, 0) is 19.1 Å². The van der Waals surface area contributed by atoms with Gasteiger partial charge in [0, 0.05) is 11.4 Å². The Bertz CT molecular complexity index is 733. The molecule has 2 amide bonds. The van der Waals surface area contributed by atoms with Crippen molar-refractivity contribution >= 4 is 40.8 Å². The first-order valence-corrected chi connectivity index (χ1v) is 7.48. The number of carbonyl (C=O) groups excluding carboxylic acids is 3. The molecule has 2 aliphatic heterocycles. The highest BCUT2D eigenvalue weighted by molar-refractivity contribution is 6.39. The number of rotatable bonds is 3. The van der Waals surface area contributed by atoms with Gasteiger partial charge in [0.1, 0.15) is 11.3 Å². The minimum absolute atomic E-state index is 0.0213. The Kier molecular flexibility index (Phi) is 3.81. The molecule has 0 bridgehead atoms. The first-order chi connectivity index (χ1) is 11.0. The van der Waals surface area contributed by atoms with Gasteiger partial charge in [-0.05, 0) is 25.1 Å². The van der Waals surface area contributed by atoms with Gasteiger partial charge < -0.3 is 4.74 Å². The molecule has 2 aliphatic rings. The highest BCUT2D eigenvalue weighted by Gasteiger charge is 2.56. The van der Waals surface area contributed by atoms with Crippen LogP contribution < -0.4 is 10.3 Å². The first-order valence-electron chi connectivity index (χ1n) is 7.10. The summed E-state index contributed by atoms with van der Waals surface area (Å²) in [5.41, 5.74) is 1.95. The zero-order chi connectivity index (χ0) is 16.6. The molecule has 2 heterocycles. The van der Waals surface area contributed by atoms with Crippen molar-refractivity contribution in [1.82, 2.24) is 5.43 Å². The second kappa shape index (κ2) is 5.66. The van der Waals surface area contributed by atoms with Crippen molar-refractivity contribution in [2.24, 2.45) is 5.10 Å². The van der Waals surface area contributed by atoms with E-state index >= 15 is 0 Å². The SMILES string of the molecule is CCOC(=O)C1=NN[C@@]2(CC(=O)N(c3cccc(Cl)c3)C2=O)C1. The number of benzene rings is 1. The van der Waals surface area contributed by atoms with Gasteiger partial charge in [-0.15, -0.1) is 0 Å². The van der Waals surface area contributed by atoms with E-state index in [1.54, 1.807) is 31.2 Å². The molecule has 1 saturated heterocycles. The Morgan fingerprint density at radius 2 is 2.22 bits per heavy atom. The Labute approximate surface area is 137 Å². The lowest BCUT2D eigenvalue weighted by atomic mass is 9.93. The monoisotopic (exact) mass is 335 g/mol. The molecule has 0 saturated carbocycles. The molecular formula is C15H14ClN3O4. The van der Waals surface area contributed by atoms with Gasteiger partial charge in [0.2, 0.25) is 5.91 Å². The van der Waals surface area contributed by atoms with Crippen LogP contribution in [-0.4, -0.2) is 35.6 Å². The van der Waals surface area contributed by atoms with Gasteiger partial charge in [-0.25, -0.2) is 9.69 Å². The lowest BCUT2D eigenvalue weighted by molar-refractivity contribution is -0.135. The third-order valence-corrected chi connectivity index (χ3v) is 4.00. The van der Waals surface area contributed by atoms with E-state index < -0.39 is 17.4 Å². The van der Waals surface area contributed by atoms with E-state index in [1.807, 2.05) is 0 Å². The Hall–Kier alpha value is -2.41. The molecule has 120 valence electrons. The van der Waals surface area contributed by atoms with Gasteiger partial charge in [-0.3, -0.25) is 15.0 Å². The lowest BCUT2D eigenvalue weighted by Crippen LogP contribution is -2.47. The van der Waals surface area contributed by atoms with Crippen LogP contribution in [0.4, 0.5) is 5.69 Å².